The fraction of sp³-hybridized carbons (Fsp3) is 0.417. The molecule has 1 aliphatic carbocycles. The molecular formula is C12H11BrF3NO2. The summed E-state index contributed by atoms with van der Waals surface area (Å²) in [5.74, 6) is -0.969. The Bertz CT molecular complexity index is 512. The van der Waals surface area contributed by atoms with Gasteiger partial charge in [-0.1, -0.05) is 15.9 Å². The van der Waals surface area contributed by atoms with Gasteiger partial charge >= 0.3 is 12.1 Å². The summed E-state index contributed by atoms with van der Waals surface area (Å²) in [5, 5.41) is 11.6. The molecular weight excluding hydrogens is 327 g/mol. The summed E-state index contributed by atoms with van der Waals surface area (Å²) in [6.45, 7) is 0.00185. The van der Waals surface area contributed by atoms with Crippen molar-refractivity contribution in [1.29, 1.82) is 0 Å². The Morgan fingerprint density at radius 1 is 1.42 bits per heavy atom. The molecule has 0 bridgehead atoms. The Morgan fingerprint density at radius 3 is 2.53 bits per heavy atom. The van der Waals surface area contributed by atoms with Gasteiger partial charge in [0, 0.05) is 16.7 Å². The SMILES string of the molecule is O=C(O)C1(CNc2cc(Br)ccc2C(F)(F)F)CC1. The Kier molecular flexibility index (Phi) is 3.51. The molecule has 3 nitrogen and oxygen atoms in total. The van der Waals surface area contributed by atoms with E-state index in [4.69, 9.17) is 5.11 Å². The number of nitrogens with one attached hydrogen (secondary N) is 1. The largest absolute Gasteiger partial charge is 0.481 e. The van der Waals surface area contributed by atoms with Crippen LogP contribution in [0.3, 0.4) is 0 Å². The maximum absolute atomic E-state index is 12.8. The number of rotatable bonds is 4. The number of carboxylic acids is 1. The van der Waals surface area contributed by atoms with Crippen LogP contribution in [0.5, 0.6) is 0 Å². The van der Waals surface area contributed by atoms with Crippen molar-refractivity contribution in [2.45, 2.75) is 19.0 Å². The van der Waals surface area contributed by atoms with Gasteiger partial charge in [0.25, 0.3) is 0 Å². The Morgan fingerprint density at radius 2 is 2.05 bits per heavy atom. The molecule has 0 radical (unpaired) electrons. The summed E-state index contributed by atoms with van der Waals surface area (Å²) in [7, 11) is 0. The molecule has 2 N–H and O–H groups in total. The summed E-state index contributed by atoms with van der Waals surface area (Å²) < 4.78 is 38.9. The van der Waals surface area contributed by atoms with Crippen molar-refractivity contribution in [2.24, 2.45) is 5.41 Å². The lowest BCUT2D eigenvalue weighted by molar-refractivity contribution is -0.142. The Labute approximate surface area is 115 Å². The summed E-state index contributed by atoms with van der Waals surface area (Å²) in [6.07, 6.45) is -3.49. The number of hydrogen-bond acceptors (Lipinski definition) is 2. The average Bonchev–Trinajstić information content (AvgIpc) is 3.05. The van der Waals surface area contributed by atoms with Crippen LogP contribution in [0.2, 0.25) is 0 Å². The fourth-order valence-electron chi connectivity index (χ4n) is 1.79. The van der Waals surface area contributed by atoms with Gasteiger partial charge in [0.1, 0.15) is 0 Å². The first-order valence-electron chi connectivity index (χ1n) is 5.59. The monoisotopic (exact) mass is 337 g/mol. The van der Waals surface area contributed by atoms with Gasteiger partial charge in [0.2, 0.25) is 0 Å². The van der Waals surface area contributed by atoms with Crippen LogP contribution >= 0.6 is 15.9 Å². The first kappa shape index (κ1) is 14.2. The molecule has 0 amide bonds. The molecule has 0 unspecified atom stereocenters. The predicted octanol–water partition coefficient (Wildman–Crippen LogP) is 3.74. The molecule has 1 aliphatic rings. The van der Waals surface area contributed by atoms with E-state index in [0.717, 1.165) is 6.07 Å². The van der Waals surface area contributed by atoms with Gasteiger partial charge in [0.15, 0.2) is 0 Å². The number of alkyl halides is 3. The molecule has 0 spiro atoms. The number of carboxylic acid groups (broad SMARTS) is 1. The third kappa shape index (κ3) is 3.02. The Balaban J connectivity index is 2.20. The van der Waals surface area contributed by atoms with Crippen LogP contribution in [0.4, 0.5) is 18.9 Å². The predicted molar refractivity (Wildman–Crippen MR) is 66.9 cm³/mol. The van der Waals surface area contributed by atoms with Crippen LogP contribution in [0, 0.1) is 5.41 Å². The van der Waals surface area contributed by atoms with Crippen LogP contribution in [-0.4, -0.2) is 17.6 Å². The van der Waals surface area contributed by atoms with Crippen LogP contribution in [0.25, 0.3) is 0 Å². The van der Waals surface area contributed by atoms with E-state index >= 15 is 0 Å². The minimum Gasteiger partial charge on any atom is -0.481 e. The molecule has 1 aromatic carbocycles. The highest BCUT2D eigenvalue weighted by atomic mass is 79.9. The van der Waals surface area contributed by atoms with Gasteiger partial charge in [-0.25, -0.2) is 0 Å². The normalized spacial score (nSPS) is 17.1. The van der Waals surface area contributed by atoms with Gasteiger partial charge < -0.3 is 10.4 Å². The van der Waals surface area contributed by atoms with Crippen LogP contribution in [-0.2, 0) is 11.0 Å². The van der Waals surface area contributed by atoms with Crippen molar-refractivity contribution < 1.29 is 23.1 Å². The second-order valence-electron chi connectivity index (χ2n) is 4.63. The van der Waals surface area contributed by atoms with Crippen LogP contribution in [0.1, 0.15) is 18.4 Å². The highest BCUT2D eigenvalue weighted by Crippen LogP contribution is 2.46. The van der Waals surface area contributed by atoms with E-state index in [1.807, 2.05) is 0 Å². The lowest BCUT2D eigenvalue weighted by Crippen LogP contribution is -2.25. The summed E-state index contributed by atoms with van der Waals surface area (Å²) in [5.41, 5.74) is -1.81. The average molecular weight is 338 g/mol. The summed E-state index contributed by atoms with van der Waals surface area (Å²) >= 11 is 3.10. The van der Waals surface area contributed by atoms with E-state index in [-0.39, 0.29) is 12.2 Å². The Hall–Kier alpha value is -1.24. The zero-order chi connectivity index (χ0) is 14.3. The van der Waals surface area contributed by atoms with Gasteiger partial charge in [-0.3, -0.25) is 4.79 Å². The molecule has 19 heavy (non-hydrogen) atoms. The maximum Gasteiger partial charge on any atom is 0.418 e. The molecule has 1 aromatic rings. The summed E-state index contributed by atoms with van der Waals surface area (Å²) in [4.78, 5) is 11.0. The molecule has 104 valence electrons. The number of halogens is 4. The second-order valence-corrected chi connectivity index (χ2v) is 5.54. The number of anilines is 1. The molecule has 0 heterocycles. The summed E-state index contributed by atoms with van der Waals surface area (Å²) in [6, 6.07) is 3.58. The highest BCUT2D eigenvalue weighted by Gasteiger charge is 2.50. The van der Waals surface area contributed by atoms with E-state index in [1.54, 1.807) is 0 Å². The molecule has 1 saturated carbocycles. The van der Waals surface area contributed by atoms with Crippen molar-refractivity contribution >= 4 is 27.6 Å². The molecule has 1 fully saturated rings. The lowest BCUT2D eigenvalue weighted by atomic mass is 10.1. The first-order valence-corrected chi connectivity index (χ1v) is 6.38. The third-order valence-corrected chi connectivity index (χ3v) is 3.70. The standard InChI is InChI=1S/C12H11BrF3NO2/c13-7-1-2-8(12(14,15)16)9(5-7)17-6-11(3-4-11)10(18)19/h1-2,5,17H,3-4,6H2,(H,18,19). The quantitative estimate of drug-likeness (QED) is 0.879. The van der Waals surface area contributed by atoms with Crippen molar-refractivity contribution in [3.05, 3.63) is 28.2 Å². The minimum absolute atomic E-state index is 0.00185. The fourth-order valence-corrected chi connectivity index (χ4v) is 2.15. The van der Waals surface area contributed by atoms with E-state index in [0.29, 0.717) is 17.3 Å². The van der Waals surface area contributed by atoms with Crippen molar-refractivity contribution in [2.75, 3.05) is 11.9 Å². The first-order chi connectivity index (χ1) is 8.74. The van der Waals surface area contributed by atoms with Crippen LogP contribution in [0.15, 0.2) is 22.7 Å². The van der Waals surface area contributed by atoms with Crippen molar-refractivity contribution in [1.82, 2.24) is 0 Å². The van der Waals surface area contributed by atoms with Gasteiger partial charge in [-0.15, -0.1) is 0 Å². The number of hydrogen-bond donors (Lipinski definition) is 2. The van der Waals surface area contributed by atoms with Crippen molar-refractivity contribution in [3.8, 4) is 0 Å². The van der Waals surface area contributed by atoms with Gasteiger partial charge in [0.05, 0.1) is 11.0 Å². The topological polar surface area (TPSA) is 49.3 Å². The molecule has 7 heteroatoms. The highest BCUT2D eigenvalue weighted by molar-refractivity contribution is 9.10. The maximum atomic E-state index is 12.8. The zero-order valence-corrected chi connectivity index (χ0v) is 11.3. The van der Waals surface area contributed by atoms with Gasteiger partial charge in [-0.05, 0) is 31.0 Å². The van der Waals surface area contributed by atoms with E-state index < -0.39 is 23.1 Å². The molecule has 0 saturated heterocycles. The molecule has 0 aliphatic heterocycles. The number of carbonyl (C=O) groups is 1. The van der Waals surface area contributed by atoms with Gasteiger partial charge in [-0.2, -0.15) is 13.2 Å². The number of benzene rings is 1. The van der Waals surface area contributed by atoms with Crippen LogP contribution < -0.4 is 5.32 Å². The zero-order valence-electron chi connectivity index (χ0n) is 9.72. The second kappa shape index (κ2) is 4.70. The van der Waals surface area contributed by atoms with E-state index in [1.165, 1.54) is 12.1 Å². The van der Waals surface area contributed by atoms with E-state index in [2.05, 4.69) is 21.2 Å². The number of aliphatic carboxylic acids is 1. The van der Waals surface area contributed by atoms with Crippen molar-refractivity contribution in [3.63, 3.8) is 0 Å². The lowest BCUT2D eigenvalue weighted by Gasteiger charge is -2.17. The third-order valence-electron chi connectivity index (χ3n) is 3.21. The molecule has 2 rings (SSSR count). The smallest absolute Gasteiger partial charge is 0.418 e. The molecule has 0 atom stereocenters. The van der Waals surface area contributed by atoms with E-state index in [9.17, 15) is 18.0 Å². The minimum atomic E-state index is -4.47. The molecule has 0 aromatic heterocycles.